The summed E-state index contributed by atoms with van der Waals surface area (Å²) in [6.07, 6.45) is 4.03. The van der Waals surface area contributed by atoms with Gasteiger partial charge in [0.15, 0.2) is 11.5 Å². The molecule has 6 heteroatoms. The lowest BCUT2D eigenvalue weighted by atomic mass is 10.1. The summed E-state index contributed by atoms with van der Waals surface area (Å²) in [6.45, 7) is 5.16. The van der Waals surface area contributed by atoms with E-state index in [9.17, 15) is 0 Å². The highest BCUT2D eigenvalue weighted by Gasteiger charge is 2.34. The molecule has 2 aromatic rings. The van der Waals surface area contributed by atoms with Crippen molar-refractivity contribution in [2.45, 2.75) is 31.7 Å². The van der Waals surface area contributed by atoms with E-state index in [1.54, 1.807) is 6.34 Å². The van der Waals surface area contributed by atoms with Crippen LogP contribution in [0.25, 0.3) is 4.91 Å². The van der Waals surface area contributed by atoms with Crippen molar-refractivity contribution in [3.63, 3.8) is 0 Å². The van der Waals surface area contributed by atoms with Crippen molar-refractivity contribution in [1.82, 2.24) is 5.32 Å². The average molecular weight is 391 g/mol. The second kappa shape index (κ2) is 7.02. The highest BCUT2D eigenvalue weighted by Crippen LogP contribution is 2.42. The smallest absolute Gasteiger partial charge is 0.231 e. The van der Waals surface area contributed by atoms with Crippen molar-refractivity contribution in [1.29, 1.82) is 0 Å². The van der Waals surface area contributed by atoms with Gasteiger partial charge in [-0.1, -0.05) is 35.4 Å². The minimum atomic E-state index is 0.123. The molecule has 0 saturated heterocycles. The highest BCUT2D eigenvalue weighted by molar-refractivity contribution is 8.09. The predicted octanol–water partition coefficient (Wildman–Crippen LogP) is 4.09. The highest BCUT2D eigenvalue weighted by atomic mass is 32.2. The zero-order chi connectivity index (χ0) is 19.1. The fourth-order valence-corrected chi connectivity index (χ4v) is 5.02. The Morgan fingerprint density at radius 3 is 2.79 bits per heavy atom. The van der Waals surface area contributed by atoms with Crippen LogP contribution >= 0.6 is 11.8 Å². The van der Waals surface area contributed by atoms with E-state index in [0.717, 1.165) is 22.9 Å². The van der Waals surface area contributed by atoms with Crippen LogP contribution in [0, 0.1) is 13.8 Å². The van der Waals surface area contributed by atoms with Gasteiger partial charge in [0.2, 0.25) is 6.79 Å². The Kier molecular flexibility index (Phi) is 4.36. The van der Waals surface area contributed by atoms with Crippen LogP contribution in [0.15, 0.2) is 52.5 Å². The molecule has 5 rings (SSSR count). The summed E-state index contributed by atoms with van der Waals surface area (Å²) in [5, 5.41) is 3.45. The molecule has 5 nitrogen and oxygen atoms in total. The summed E-state index contributed by atoms with van der Waals surface area (Å²) < 4.78 is 10.8. The van der Waals surface area contributed by atoms with Crippen molar-refractivity contribution in [3.05, 3.63) is 64.7 Å². The number of nitrogens with one attached hydrogen (secondary N) is 1. The number of fused-ring (bicyclic) bond motifs is 2. The van der Waals surface area contributed by atoms with Crippen molar-refractivity contribution >= 4 is 28.8 Å². The largest absolute Gasteiger partial charge is 0.454 e. The van der Waals surface area contributed by atoms with E-state index < -0.39 is 0 Å². The van der Waals surface area contributed by atoms with E-state index >= 15 is 0 Å². The van der Waals surface area contributed by atoms with E-state index in [1.807, 2.05) is 30.0 Å². The van der Waals surface area contributed by atoms with Crippen LogP contribution in [0.5, 0.6) is 11.5 Å². The minimum Gasteiger partial charge on any atom is -0.454 e. The second-order valence-corrected chi connectivity index (χ2v) is 8.43. The van der Waals surface area contributed by atoms with E-state index in [1.165, 1.54) is 21.6 Å². The number of hydrogen-bond donors (Lipinski definition) is 1. The molecule has 2 unspecified atom stereocenters. The number of aryl methyl sites for hydroxylation is 2. The van der Waals surface area contributed by atoms with Crippen LogP contribution < -0.4 is 14.8 Å². The van der Waals surface area contributed by atoms with Gasteiger partial charge in [-0.25, -0.2) is 0 Å². The maximum Gasteiger partial charge on any atom is 0.231 e. The third-order valence-corrected chi connectivity index (χ3v) is 6.37. The summed E-state index contributed by atoms with van der Waals surface area (Å²) in [7, 11) is 0. The first kappa shape index (κ1) is 17.4. The van der Waals surface area contributed by atoms with Crippen LogP contribution in [-0.2, 0) is 6.54 Å². The molecule has 0 aliphatic carbocycles. The zero-order valence-electron chi connectivity index (χ0n) is 15.8. The summed E-state index contributed by atoms with van der Waals surface area (Å²) in [4.78, 5) is 10.7. The van der Waals surface area contributed by atoms with E-state index in [2.05, 4.69) is 48.4 Å². The van der Waals surface area contributed by atoms with Crippen molar-refractivity contribution in [2.24, 2.45) is 9.98 Å². The molecular weight excluding hydrogens is 370 g/mol. The van der Waals surface area contributed by atoms with Gasteiger partial charge in [0, 0.05) is 4.91 Å². The normalized spacial score (nSPS) is 23.5. The van der Waals surface area contributed by atoms with Crippen LogP contribution in [0.1, 0.15) is 22.3 Å². The molecule has 28 heavy (non-hydrogen) atoms. The van der Waals surface area contributed by atoms with Crippen molar-refractivity contribution in [2.75, 3.05) is 6.79 Å². The Balaban J connectivity index is 1.35. The topological polar surface area (TPSA) is 55.2 Å². The zero-order valence-corrected chi connectivity index (χ0v) is 16.6. The molecule has 0 spiro atoms. The minimum absolute atomic E-state index is 0.123. The molecule has 0 aromatic heterocycles. The predicted molar refractivity (Wildman–Crippen MR) is 114 cm³/mol. The maximum atomic E-state index is 5.46. The summed E-state index contributed by atoms with van der Waals surface area (Å²) in [6, 6.07) is 12.8. The van der Waals surface area contributed by atoms with Gasteiger partial charge in [-0.05, 0) is 43.2 Å². The van der Waals surface area contributed by atoms with Gasteiger partial charge in [-0.3, -0.25) is 9.98 Å². The maximum absolute atomic E-state index is 5.46. The molecule has 3 aliphatic rings. The van der Waals surface area contributed by atoms with Gasteiger partial charge in [0.25, 0.3) is 0 Å². The number of benzene rings is 2. The summed E-state index contributed by atoms with van der Waals surface area (Å²) in [5.41, 5.74) is 4.93. The number of amidine groups is 1. The molecule has 3 aliphatic heterocycles. The number of aliphatic imine (C=N–C) groups is 2. The number of nitrogens with zero attached hydrogens (tertiary/aromatic N) is 2. The SMILES string of the molecule is Cc1cc(C)cc(C2=CC3N=CNC(=NCc4ccc5c(c4)OCO5)C3S2)c1. The van der Waals surface area contributed by atoms with Crippen molar-refractivity contribution in [3.8, 4) is 11.5 Å². The fourth-order valence-electron chi connectivity index (χ4n) is 3.73. The first-order valence-corrected chi connectivity index (χ1v) is 10.2. The quantitative estimate of drug-likeness (QED) is 0.856. The Labute approximate surface area is 168 Å². The molecule has 142 valence electrons. The van der Waals surface area contributed by atoms with Gasteiger partial charge in [-0.15, -0.1) is 11.8 Å². The van der Waals surface area contributed by atoms with Gasteiger partial charge >= 0.3 is 0 Å². The monoisotopic (exact) mass is 391 g/mol. The van der Waals surface area contributed by atoms with Crippen LogP contribution in [0.4, 0.5) is 0 Å². The molecule has 0 amide bonds. The van der Waals surface area contributed by atoms with Gasteiger partial charge < -0.3 is 14.8 Å². The third kappa shape index (κ3) is 3.29. The van der Waals surface area contributed by atoms with Gasteiger partial charge in [0.1, 0.15) is 5.84 Å². The second-order valence-electron chi connectivity index (χ2n) is 7.25. The van der Waals surface area contributed by atoms with Crippen LogP contribution in [0.2, 0.25) is 0 Å². The Hall–Kier alpha value is -2.73. The fraction of sp³-hybridized carbons (Fsp3) is 0.273. The van der Waals surface area contributed by atoms with Gasteiger partial charge in [-0.2, -0.15) is 0 Å². The third-order valence-electron chi connectivity index (χ3n) is 4.99. The van der Waals surface area contributed by atoms with E-state index in [-0.39, 0.29) is 11.3 Å². The molecule has 3 heterocycles. The molecule has 0 radical (unpaired) electrons. The number of thioether (sulfide) groups is 1. The standard InChI is InChI=1S/C22H21N3O2S/c1-13-5-14(2)7-16(6-13)20-9-17-21(28-20)22(25-11-24-17)23-10-15-3-4-18-19(8-15)27-12-26-18/h3-9,11,17,21H,10,12H2,1-2H3,(H,23,24,25). The molecule has 0 fully saturated rings. The first-order chi connectivity index (χ1) is 13.7. The van der Waals surface area contributed by atoms with Crippen LogP contribution in [0.3, 0.4) is 0 Å². The average Bonchev–Trinajstić information content (AvgIpc) is 3.32. The summed E-state index contributed by atoms with van der Waals surface area (Å²) >= 11 is 1.84. The van der Waals surface area contributed by atoms with Crippen LogP contribution in [-0.4, -0.2) is 30.3 Å². The molecule has 2 atom stereocenters. The Bertz CT molecular complexity index is 1010. The summed E-state index contributed by atoms with van der Waals surface area (Å²) in [5.74, 6) is 2.56. The lowest BCUT2D eigenvalue weighted by molar-refractivity contribution is 0.174. The first-order valence-electron chi connectivity index (χ1n) is 9.34. The number of hydrogen-bond acceptors (Lipinski definition) is 5. The number of ether oxygens (including phenoxy) is 2. The van der Waals surface area contributed by atoms with Crippen molar-refractivity contribution < 1.29 is 9.47 Å². The molecule has 0 bridgehead atoms. The molecule has 0 saturated carbocycles. The van der Waals surface area contributed by atoms with E-state index in [4.69, 9.17) is 14.5 Å². The Morgan fingerprint density at radius 2 is 1.93 bits per heavy atom. The molecular formula is C22H21N3O2S. The Morgan fingerprint density at radius 1 is 1.11 bits per heavy atom. The lowest BCUT2D eigenvalue weighted by Gasteiger charge is -2.22. The van der Waals surface area contributed by atoms with E-state index in [0.29, 0.717) is 13.3 Å². The molecule has 1 N–H and O–H groups in total. The lowest BCUT2D eigenvalue weighted by Crippen LogP contribution is -2.41. The number of rotatable bonds is 3. The van der Waals surface area contributed by atoms with Gasteiger partial charge in [0.05, 0.1) is 24.2 Å². The molecule has 2 aromatic carbocycles.